The first-order chi connectivity index (χ1) is 15.0. The van der Waals surface area contributed by atoms with Crippen molar-refractivity contribution in [1.29, 1.82) is 0 Å². The van der Waals surface area contributed by atoms with E-state index in [9.17, 15) is 9.18 Å². The van der Waals surface area contributed by atoms with Crippen LogP contribution in [0.15, 0.2) is 66.7 Å². The molecule has 0 fully saturated rings. The second-order valence-corrected chi connectivity index (χ2v) is 8.05. The fraction of sp³-hybridized carbons (Fsp3) is 0.208. The topological polar surface area (TPSA) is 55.6 Å². The molecule has 31 heavy (non-hydrogen) atoms. The molecule has 3 rings (SSSR count). The van der Waals surface area contributed by atoms with Crippen molar-refractivity contribution >= 4 is 32.9 Å². The second-order valence-electron chi connectivity index (χ2n) is 7.10. The number of benzene rings is 3. The van der Waals surface area contributed by atoms with Crippen LogP contribution in [-0.2, 0) is 13.2 Å². The van der Waals surface area contributed by atoms with Crippen LogP contribution in [-0.4, -0.2) is 34.1 Å². The SMILES string of the molecule is NCCCN(Cc1ccc(F)c(Cl)c1)C(=O)c1ccc(OCc2ccccc2)c([Si])c1. The molecular weight excluding hydrogens is 431 g/mol. The third-order valence-electron chi connectivity index (χ3n) is 4.74. The largest absolute Gasteiger partial charge is 0.489 e. The fourth-order valence-electron chi connectivity index (χ4n) is 3.10. The number of amides is 1. The van der Waals surface area contributed by atoms with E-state index in [4.69, 9.17) is 22.1 Å². The summed E-state index contributed by atoms with van der Waals surface area (Å²) in [5.41, 5.74) is 7.96. The van der Waals surface area contributed by atoms with Gasteiger partial charge in [-0.2, -0.15) is 0 Å². The number of carbonyl (C=O) groups is 1. The number of nitrogens with two attached hydrogens (primary N) is 1. The smallest absolute Gasteiger partial charge is 0.254 e. The average molecular weight is 454 g/mol. The maximum Gasteiger partial charge on any atom is 0.254 e. The van der Waals surface area contributed by atoms with Gasteiger partial charge in [0.25, 0.3) is 5.91 Å². The molecule has 3 aromatic rings. The van der Waals surface area contributed by atoms with E-state index in [0.717, 1.165) is 11.1 Å². The summed E-state index contributed by atoms with van der Waals surface area (Å²) in [5.74, 6) is 0.0129. The first-order valence-electron chi connectivity index (χ1n) is 9.93. The monoisotopic (exact) mass is 453 g/mol. The lowest BCUT2D eigenvalue weighted by molar-refractivity contribution is 0.0742. The van der Waals surface area contributed by atoms with Gasteiger partial charge in [0.2, 0.25) is 0 Å². The molecule has 0 heterocycles. The van der Waals surface area contributed by atoms with Crippen molar-refractivity contribution in [2.75, 3.05) is 13.1 Å². The van der Waals surface area contributed by atoms with Gasteiger partial charge in [-0.1, -0.05) is 48.0 Å². The van der Waals surface area contributed by atoms with Gasteiger partial charge < -0.3 is 15.4 Å². The molecule has 0 aromatic heterocycles. The summed E-state index contributed by atoms with van der Waals surface area (Å²) in [6.45, 7) is 1.68. The van der Waals surface area contributed by atoms with Crippen molar-refractivity contribution in [3.05, 3.63) is 94.3 Å². The summed E-state index contributed by atoms with van der Waals surface area (Å²) in [7, 11) is 3.56. The third kappa shape index (κ3) is 6.40. The number of hydrogen-bond acceptors (Lipinski definition) is 3. The van der Waals surface area contributed by atoms with Crippen LogP contribution < -0.4 is 15.7 Å². The molecule has 0 aliphatic rings. The highest BCUT2D eigenvalue weighted by Gasteiger charge is 2.17. The Hall–Kier alpha value is -2.67. The molecule has 0 unspecified atom stereocenters. The summed E-state index contributed by atoms with van der Waals surface area (Å²) >= 11 is 5.89. The van der Waals surface area contributed by atoms with Gasteiger partial charge in [0.15, 0.2) is 0 Å². The molecule has 159 valence electrons. The van der Waals surface area contributed by atoms with Gasteiger partial charge in [-0.15, -0.1) is 0 Å². The molecule has 1 amide bonds. The Labute approximate surface area is 190 Å². The van der Waals surface area contributed by atoms with E-state index >= 15 is 0 Å². The van der Waals surface area contributed by atoms with Crippen LogP contribution >= 0.6 is 11.6 Å². The highest BCUT2D eigenvalue weighted by molar-refractivity contribution is 6.34. The van der Waals surface area contributed by atoms with E-state index in [1.165, 1.54) is 12.1 Å². The molecule has 0 atom stereocenters. The Balaban J connectivity index is 1.73. The predicted molar refractivity (Wildman–Crippen MR) is 122 cm³/mol. The lowest BCUT2D eigenvalue weighted by Crippen LogP contribution is -2.33. The van der Waals surface area contributed by atoms with E-state index in [2.05, 4.69) is 10.2 Å². The van der Waals surface area contributed by atoms with Gasteiger partial charge in [-0.25, -0.2) is 4.39 Å². The van der Waals surface area contributed by atoms with Crippen LogP contribution in [0.5, 0.6) is 5.75 Å². The van der Waals surface area contributed by atoms with Crippen molar-refractivity contribution in [3.8, 4) is 5.75 Å². The zero-order valence-electron chi connectivity index (χ0n) is 17.0. The lowest BCUT2D eigenvalue weighted by atomic mass is 10.1. The quantitative estimate of drug-likeness (QED) is 0.501. The molecule has 3 aromatic carbocycles. The zero-order chi connectivity index (χ0) is 22.2. The lowest BCUT2D eigenvalue weighted by Gasteiger charge is -2.23. The molecule has 0 saturated carbocycles. The van der Waals surface area contributed by atoms with Gasteiger partial charge in [-0.3, -0.25) is 4.79 Å². The first kappa shape index (κ1) is 23.0. The fourth-order valence-corrected chi connectivity index (χ4v) is 3.61. The number of ether oxygens (including phenoxy) is 1. The standard InChI is InChI=1S/C24H23ClFN2O2Si/c25-20-13-18(7-9-21(20)26)15-28(12-4-11-27)24(29)19-8-10-22(23(31)14-19)30-16-17-5-2-1-3-6-17/h1-3,5-10,13-14H,4,11-12,15-16,27H2. The average Bonchev–Trinajstić information content (AvgIpc) is 2.78. The molecular formula is C24H23ClFN2O2Si. The minimum absolute atomic E-state index is 0.0334. The van der Waals surface area contributed by atoms with Gasteiger partial charge >= 0.3 is 0 Å². The number of rotatable bonds is 9. The Bertz CT molecular complexity index is 1030. The number of nitrogens with zero attached hydrogens (tertiary/aromatic N) is 1. The van der Waals surface area contributed by atoms with Crippen LogP contribution in [0.2, 0.25) is 5.02 Å². The van der Waals surface area contributed by atoms with Gasteiger partial charge in [-0.05, 0) is 59.6 Å². The Morgan fingerprint density at radius 3 is 2.52 bits per heavy atom. The molecule has 0 aliphatic heterocycles. The molecule has 4 nitrogen and oxygen atoms in total. The van der Waals surface area contributed by atoms with Crippen LogP contribution in [0, 0.1) is 5.82 Å². The van der Waals surface area contributed by atoms with Crippen molar-refractivity contribution in [3.63, 3.8) is 0 Å². The highest BCUT2D eigenvalue weighted by atomic mass is 35.5. The van der Waals surface area contributed by atoms with E-state index in [1.54, 1.807) is 29.2 Å². The maximum atomic E-state index is 13.5. The van der Waals surface area contributed by atoms with Crippen LogP contribution in [0.4, 0.5) is 4.39 Å². The molecule has 2 N–H and O–H groups in total. The van der Waals surface area contributed by atoms with Crippen LogP contribution in [0.25, 0.3) is 0 Å². The molecule has 7 heteroatoms. The maximum absolute atomic E-state index is 13.5. The first-order valence-corrected chi connectivity index (χ1v) is 10.8. The number of hydrogen-bond donors (Lipinski definition) is 1. The van der Waals surface area contributed by atoms with E-state index in [1.807, 2.05) is 30.3 Å². The molecule has 3 radical (unpaired) electrons. The Morgan fingerprint density at radius 1 is 1.06 bits per heavy atom. The summed E-state index contributed by atoms with van der Waals surface area (Å²) < 4.78 is 19.3. The van der Waals surface area contributed by atoms with Crippen molar-refractivity contribution < 1.29 is 13.9 Å². The highest BCUT2D eigenvalue weighted by Crippen LogP contribution is 2.19. The summed E-state index contributed by atoms with van der Waals surface area (Å²) in [4.78, 5) is 14.8. The normalized spacial score (nSPS) is 10.7. The summed E-state index contributed by atoms with van der Waals surface area (Å²) in [6.07, 6.45) is 0.652. The van der Waals surface area contributed by atoms with Crippen molar-refractivity contribution in [2.24, 2.45) is 5.73 Å². The number of carbonyl (C=O) groups excluding carboxylic acids is 1. The van der Waals surface area contributed by atoms with E-state index in [0.29, 0.717) is 49.2 Å². The predicted octanol–water partition coefficient (Wildman–Crippen LogP) is 3.84. The van der Waals surface area contributed by atoms with E-state index < -0.39 is 5.82 Å². The molecule has 0 saturated heterocycles. The van der Waals surface area contributed by atoms with Crippen LogP contribution in [0.1, 0.15) is 27.9 Å². The van der Waals surface area contributed by atoms with Gasteiger partial charge in [0, 0.05) is 18.7 Å². The van der Waals surface area contributed by atoms with Crippen molar-refractivity contribution in [1.82, 2.24) is 4.90 Å². The zero-order valence-corrected chi connectivity index (χ0v) is 18.7. The van der Waals surface area contributed by atoms with Crippen molar-refractivity contribution in [2.45, 2.75) is 19.6 Å². The van der Waals surface area contributed by atoms with Gasteiger partial charge in [0.05, 0.1) is 15.3 Å². The Kier molecular flexibility index (Phi) is 8.23. The summed E-state index contributed by atoms with van der Waals surface area (Å²) in [6, 6.07) is 19.6. The molecule has 0 bridgehead atoms. The van der Waals surface area contributed by atoms with Gasteiger partial charge in [0.1, 0.15) is 18.2 Å². The summed E-state index contributed by atoms with van der Waals surface area (Å²) in [5, 5.41) is 0.719. The van der Waals surface area contributed by atoms with E-state index in [-0.39, 0.29) is 10.9 Å². The molecule has 0 spiro atoms. The van der Waals surface area contributed by atoms with Crippen LogP contribution in [0.3, 0.4) is 0 Å². The minimum atomic E-state index is -0.486. The second kappa shape index (κ2) is 11.1. The Morgan fingerprint density at radius 2 is 1.84 bits per heavy atom. The number of halogens is 2. The molecule has 0 aliphatic carbocycles. The third-order valence-corrected chi connectivity index (χ3v) is 5.42. The minimum Gasteiger partial charge on any atom is -0.489 e.